The highest BCUT2D eigenvalue weighted by Gasteiger charge is 2.15. The third-order valence-corrected chi connectivity index (χ3v) is 4.73. The fourth-order valence-electron chi connectivity index (χ4n) is 3.02. The van der Waals surface area contributed by atoms with Crippen molar-refractivity contribution < 1.29 is 14.0 Å². The Morgan fingerprint density at radius 2 is 1.75 bits per heavy atom. The molecule has 0 aliphatic heterocycles. The number of anilines is 1. The summed E-state index contributed by atoms with van der Waals surface area (Å²) in [5, 5.41) is 9.49. The van der Waals surface area contributed by atoms with Gasteiger partial charge in [0.2, 0.25) is 0 Å². The molecule has 0 aromatic heterocycles. The Bertz CT molecular complexity index is 1060. The number of nitrogens with one attached hydrogen (secondary N) is 3. The molecule has 0 aliphatic carbocycles. The number of hydrogen-bond acceptors (Lipinski definition) is 2. The number of benzene rings is 3. The maximum atomic E-state index is 14.0. The van der Waals surface area contributed by atoms with Gasteiger partial charge in [0.15, 0.2) is 0 Å². The summed E-state index contributed by atoms with van der Waals surface area (Å²) in [4.78, 5) is 24.0. The normalized spacial score (nSPS) is 11.7. The smallest absolute Gasteiger partial charge is 0.319 e. The number of carbonyl (C=O) groups excluding carboxylic acids is 2. The van der Waals surface area contributed by atoms with Gasteiger partial charge in [-0.15, -0.1) is 0 Å². The van der Waals surface area contributed by atoms with Crippen LogP contribution in [0.25, 0.3) is 10.8 Å². The van der Waals surface area contributed by atoms with Crippen LogP contribution in [-0.2, 0) is 0 Å². The molecule has 0 spiro atoms. The molecule has 0 saturated carbocycles. The van der Waals surface area contributed by atoms with Crippen molar-refractivity contribution in [2.75, 3.05) is 12.4 Å². The van der Waals surface area contributed by atoms with Crippen molar-refractivity contribution in [1.82, 2.24) is 10.6 Å². The Morgan fingerprint density at radius 1 is 1.04 bits per heavy atom. The monoisotopic (exact) mass is 399 g/mol. The van der Waals surface area contributed by atoms with E-state index >= 15 is 0 Å². The fraction of sp³-hybridized carbons (Fsp3) is 0.143. The summed E-state index contributed by atoms with van der Waals surface area (Å²) < 4.78 is 14.0. The molecule has 0 bridgehead atoms. The molecule has 1 atom stereocenters. The predicted octanol–water partition coefficient (Wildman–Crippen LogP) is 4.87. The van der Waals surface area contributed by atoms with Crippen LogP contribution in [0.2, 0.25) is 5.02 Å². The van der Waals surface area contributed by atoms with Gasteiger partial charge in [-0.1, -0.05) is 41.9 Å². The Labute approximate surface area is 166 Å². The maximum Gasteiger partial charge on any atom is 0.319 e. The number of amides is 3. The molecule has 144 valence electrons. The molecule has 28 heavy (non-hydrogen) atoms. The number of rotatable bonds is 4. The van der Waals surface area contributed by atoms with Crippen LogP contribution in [0, 0.1) is 5.82 Å². The van der Waals surface area contributed by atoms with Crippen molar-refractivity contribution in [3.63, 3.8) is 0 Å². The molecule has 0 fully saturated rings. The number of fused-ring (bicyclic) bond motifs is 1. The summed E-state index contributed by atoms with van der Waals surface area (Å²) in [7, 11) is 1.51. The molecule has 7 heteroatoms. The predicted molar refractivity (Wildman–Crippen MR) is 109 cm³/mol. The summed E-state index contributed by atoms with van der Waals surface area (Å²) in [6.07, 6.45) is 0. The molecule has 3 amide bonds. The average molecular weight is 400 g/mol. The molecule has 0 radical (unpaired) electrons. The second-order valence-electron chi connectivity index (χ2n) is 6.28. The van der Waals surface area contributed by atoms with Crippen LogP contribution < -0.4 is 16.0 Å². The molecule has 1 unspecified atom stereocenters. The van der Waals surface area contributed by atoms with Gasteiger partial charge in [0.1, 0.15) is 5.82 Å². The highest BCUT2D eigenvalue weighted by molar-refractivity contribution is 6.34. The van der Waals surface area contributed by atoms with Crippen molar-refractivity contribution in [2.45, 2.75) is 13.0 Å². The van der Waals surface area contributed by atoms with Gasteiger partial charge in [-0.05, 0) is 42.1 Å². The van der Waals surface area contributed by atoms with Crippen molar-refractivity contribution in [3.05, 3.63) is 76.6 Å². The first kappa shape index (κ1) is 19.6. The summed E-state index contributed by atoms with van der Waals surface area (Å²) in [6, 6.07) is 14.0. The molecule has 3 aromatic carbocycles. The van der Waals surface area contributed by atoms with Crippen LogP contribution >= 0.6 is 11.6 Å². The highest BCUT2D eigenvalue weighted by Crippen LogP contribution is 2.26. The second-order valence-corrected chi connectivity index (χ2v) is 6.68. The molecule has 3 rings (SSSR count). The lowest BCUT2D eigenvalue weighted by molar-refractivity contribution is 0.0963. The van der Waals surface area contributed by atoms with Crippen LogP contribution in [0.5, 0.6) is 0 Å². The Hall–Kier alpha value is -3.12. The van der Waals surface area contributed by atoms with Gasteiger partial charge in [-0.3, -0.25) is 4.79 Å². The van der Waals surface area contributed by atoms with E-state index in [0.29, 0.717) is 16.6 Å². The minimum atomic E-state index is -0.440. The van der Waals surface area contributed by atoms with Crippen LogP contribution in [0.1, 0.15) is 28.9 Å². The molecule has 0 aliphatic rings. The lowest BCUT2D eigenvalue weighted by Crippen LogP contribution is -2.31. The molecular formula is C21H19ClFN3O2. The first-order valence-electron chi connectivity index (χ1n) is 8.67. The zero-order chi connectivity index (χ0) is 20.3. The molecular weight excluding hydrogens is 381 g/mol. The van der Waals surface area contributed by atoms with Crippen molar-refractivity contribution >= 4 is 40.0 Å². The summed E-state index contributed by atoms with van der Waals surface area (Å²) in [6.45, 7) is 1.82. The first-order valence-corrected chi connectivity index (χ1v) is 9.04. The maximum absolute atomic E-state index is 14.0. The standard InChI is InChI=1S/C21H19ClFN3O2/c1-12(14-9-10-19(23)16-6-4-3-5-15(14)16)25-21(28)26-13-7-8-17(18(22)11-13)20(27)24-2/h3-12H,1-2H3,(H,24,27)(H2,25,26,28). The van der Waals surface area contributed by atoms with Crippen LogP contribution in [0.3, 0.4) is 0 Å². The highest BCUT2D eigenvalue weighted by atomic mass is 35.5. The van der Waals surface area contributed by atoms with E-state index in [2.05, 4.69) is 16.0 Å². The van der Waals surface area contributed by atoms with Crippen molar-refractivity contribution in [3.8, 4) is 0 Å². The van der Waals surface area contributed by atoms with E-state index in [4.69, 9.17) is 11.6 Å². The van der Waals surface area contributed by atoms with E-state index in [0.717, 1.165) is 10.9 Å². The number of carbonyl (C=O) groups is 2. The first-order chi connectivity index (χ1) is 13.4. The zero-order valence-electron chi connectivity index (χ0n) is 15.3. The van der Waals surface area contributed by atoms with E-state index in [1.54, 1.807) is 24.3 Å². The van der Waals surface area contributed by atoms with E-state index in [1.165, 1.54) is 25.2 Å². The Morgan fingerprint density at radius 3 is 2.43 bits per heavy atom. The third-order valence-electron chi connectivity index (χ3n) is 4.42. The van der Waals surface area contributed by atoms with Crippen molar-refractivity contribution in [2.24, 2.45) is 0 Å². The van der Waals surface area contributed by atoms with Gasteiger partial charge in [0.05, 0.1) is 16.6 Å². The van der Waals surface area contributed by atoms with E-state index in [9.17, 15) is 14.0 Å². The number of urea groups is 1. The minimum Gasteiger partial charge on any atom is -0.355 e. The summed E-state index contributed by atoms with van der Waals surface area (Å²) in [5.41, 5.74) is 1.58. The average Bonchev–Trinajstić information content (AvgIpc) is 2.67. The molecule has 5 nitrogen and oxygen atoms in total. The Balaban J connectivity index is 1.74. The largest absolute Gasteiger partial charge is 0.355 e. The van der Waals surface area contributed by atoms with E-state index in [-0.39, 0.29) is 22.8 Å². The molecule has 0 heterocycles. The SMILES string of the molecule is CNC(=O)c1ccc(NC(=O)NC(C)c2ccc(F)c3ccccc23)cc1Cl. The third kappa shape index (κ3) is 4.07. The van der Waals surface area contributed by atoms with Gasteiger partial charge >= 0.3 is 6.03 Å². The quantitative estimate of drug-likeness (QED) is 0.585. The van der Waals surface area contributed by atoms with E-state index < -0.39 is 6.03 Å². The molecule has 3 aromatic rings. The summed E-state index contributed by atoms with van der Waals surface area (Å²) in [5.74, 6) is -0.611. The second kappa shape index (κ2) is 8.27. The number of hydrogen-bond donors (Lipinski definition) is 3. The van der Waals surface area contributed by atoms with Gasteiger partial charge in [0.25, 0.3) is 5.91 Å². The Kier molecular flexibility index (Phi) is 5.80. The zero-order valence-corrected chi connectivity index (χ0v) is 16.1. The lowest BCUT2D eigenvalue weighted by Gasteiger charge is -2.17. The fourth-order valence-corrected chi connectivity index (χ4v) is 3.28. The molecule has 3 N–H and O–H groups in total. The van der Waals surface area contributed by atoms with Crippen molar-refractivity contribution in [1.29, 1.82) is 0 Å². The van der Waals surface area contributed by atoms with Gasteiger partial charge in [-0.25, -0.2) is 9.18 Å². The topological polar surface area (TPSA) is 70.2 Å². The minimum absolute atomic E-state index is 0.231. The van der Waals surface area contributed by atoms with Gasteiger partial charge in [0, 0.05) is 18.1 Å². The van der Waals surface area contributed by atoms with Crippen LogP contribution in [-0.4, -0.2) is 19.0 Å². The lowest BCUT2D eigenvalue weighted by atomic mass is 9.99. The molecule has 0 saturated heterocycles. The van der Waals surface area contributed by atoms with Crippen LogP contribution in [0.15, 0.2) is 54.6 Å². The van der Waals surface area contributed by atoms with Gasteiger partial charge < -0.3 is 16.0 Å². The summed E-state index contributed by atoms with van der Waals surface area (Å²) >= 11 is 6.10. The van der Waals surface area contributed by atoms with Crippen LogP contribution in [0.4, 0.5) is 14.9 Å². The number of halogens is 2. The van der Waals surface area contributed by atoms with E-state index in [1.807, 2.05) is 19.1 Å². The van der Waals surface area contributed by atoms with Gasteiger partial charge in [-0.2, -0.15) is 0 Å².